The zero-order chi connectivity index (χ0) is 10.8. The van der Waals surface area contributed by atoms with Crippen LogP contribution in [0, 0.1) is 25.2 Å². The van der Waals surface area contributed by atoms with Gasteiger partial charge in [0.1, 0.15) is 6.07 Å². The second kappa shape index (κ2) is 3.62. The molecule has 0 bridgehead atoms. The summed E-state index contributed by atoms with van der Waals surface area (Å²) >= 11 is 0. The molecule has 1 aromatic carbocycles. The lowest BCUT2D eigenvalue weighted by atomic mass is 10.1. The van der Waals surface area contributed by atoms with Crippen molar-refractivity contribution in [2.75, 3.05) is 0 Å². The molecule has 0 aliphatic carbocycles. The number of nitriles is 1. The van der Waals surface area contributed by atoms with E-state index < -0.39 is 0 Å². The van der Waals surface area contributed by atoms with Crippen molar-refractivity contribution >= 4 is 0 Å². The molecule has 1 N–H and O–H groups in total. The molecule has 15 heavy (non-hydrogen) atoms. The van der Waals surface area contributed by atoms with E-state index in [1.807, 2.05) is 44.2 Å². The molecule has 0 saturated heterocycles. The second-order valence-corrected chi connectivity index (χ2v) is 3.60. The van der Waals surface area contributed by atoms with Crippen LogP contribution in [0.25, 0.3) is 11.3 Å². The van der Waals surface area contributed by atoms with E-state index in [0.717, 1.165) is 28.1 Å². The lowest BCUT2D eigenvalue weighted by Gasteiger charge is -1.99. The van der Waals surface area contributed by atoms with Gasteiger partial charge >= 0.3 is 0 Å². The molecule has 0 spiro atoms. The van der Waals surface area contributed by atoms with Gasteiger partial charge in [-0.2, -0.15) is 5.26 Å². The van der Waals surface area contributed by atoms with Gasteiger partial charge in [0, 0.05) is 11.4 Å². The van der Waals surface area contributed by atoms with Crippen molar-refractivity contribution in [1.82, 2.24) is 4.98 Å². The summed E-state index contributed by atoms with van der Waals surface area (Å²) in [6.45, 7) is 3.91. The zero-order valence-electron chi connectivity index (χ0n) is 8.83. The van der Waals surface area contributed by atoms with Gasteiger partial charge in [-0.15, -0.1) is 0 Å². The Labute approximate surface area is 89.2 Å². The van der Waals surface area contributed by atoms with Crippen LogP contribution < -0.4 is 0 Å². The maximum atomic E-state index is 8.99. The third-order valence-corrected chi connectivity index (χ3v) is 2.61. The first-order valence-electron chi connectivity index (χ1n) is 4.88. The van der Waals surface area contributed by atoms with Crippen LogP contribution in [0.3, 0.4) is 0 Å². The van der Waals surface area contributed by atoms with E-state index in [1.54, 1.807) is 0 Å². The van der Waals surface area contributed by atoms with Gasteiger partial charge in [0.05, 0.1) is 5.56 Å². The molecule has 0 aliphatic rings. The Morgan fingerprint density at radius 3 is 2.33 bits per heavy atom. The summed E-state index contributed by atoms with van der Waals surface area (Å²) in [6.07, 6.45) is 0. The van der Waals surface area contributed by atoms with E-state index in [0.29, 0.717) is 0 Å². The van der Waals surface area contributed by atoms with Gasteiger partial charge in [-0.3, -0.25) is 0 Å². The standard InChI is InChI=1S/C13H12N2/c1-9-12(8-14)10(2)15-13(9)11-6-4-3-5-7-11/h3-7,15H,1-2H3. The Bertz CT molecular complexity index is 515. The second-order valence-electron chi connectivity index (χ2n) is 3.60. The molecule has 0 unspecified atom stereocenters. The fourth-order valence-corrected chi connectivity index (χ4v) is 1.81. The topological polar surface area (TPSA) is 39.6 Å². The fraction of sp³-hybridized carbons (Fsp3) is 0.154. The average Bonchev–Trinajstić information content (AvgIpc) is 2.55. The maximum Gasteiger partial charge on any atom is 0.101 e. The Morgan fingerprint density at radius 2 is 1.80 bits per heavy atom. The summed E-state index contributed by atoms with van der Waals surface area (Å²) in [7, 11) is 0. The molecule has 0 amide bonds. The van der Waals surface area contributed by atoms with Crippen molar-refractivity contribution in [2.24, 2.45) is 0 Å². The Balaban J connectivity index is 2.62. The number of aromatic amines is 1. The quantitative estimate of drug-likeness (QED) is 0.747. The Morgan fingerprint density at radius 1 is 1.13 bits per heavy atom. The lowest BCUT2D eigenvalue weighted by molar-refractivity contribution is 1.25. The van der Waals surface area contributed by atoms with Gasteiger partial charge in [-0.1, -0.05) is 30.3 Å². The predicted octanol–water partition coefficient (Wildman–Crippen LogP) is 3.17. The minimum absolute atomic E-state index is 0.758. The molecule has 0 fully saturated rings. The normalized spacial score (nSPS) is 9.93. The summed E-state index contributed by atoms with van der Waals surface area (Å²) in [5, 5.41) is 8.99. The SMILES string of the molecule is Cc1[nH]c(-c2ccccc2)c(C)c1C#N. The number of H-pyrrole nitrogens is 1. The van der Waals surface area contributed by atoms with E-state index >= 15 is 0 Å². The number of hydrogen-bond acceptors (Lipinski definition) is 1. The number of rotatable bonds is 1. The van der Waals surface area contributed by atoms with Gasteiger partial charge in [0.25, 0.3) is 0 Å². The summed E-state index contributed by atoms with van der Waals surface area (Å²) in [5.74, 6) is 0. The monoisotopic (exact) mass is 196 g/mol. The van der Waals surface area contributed by atoms with Crippen LogP contribution in [0.15, 0.2) is 30.3 Å². The van der Waals surface area contributed by atoms with Gasteiger partial charge in [-0.25, -0.2) is 0 Å². The van der Waals surface area contributed by atoms with Crippen molar-refractivity contribution in [3.63, 3.8) is 0 Å². The van der Waals surface area contributed by atoms with Crippen molar-refractivity contribution in [3.8, 4) is 17.3 Å². The van der Waals surface area contributed by atoms with Gasteiger partial charge in [0.15, 0.2) is 0 Å². The van der Waals surface area contributed by atoms with Crippen LogP contribution >= 0.6 is 0 Å². The van der Waals surface area contributed by atoms with Gasteiger partial charge in [0.2, 0.25) is 0 Å². The number of nitrogens with one attached hydrogen (secondary N) is 1. The number of benzene rings is 1. The summed E-state index contributed by atoms with van der Waals surface area (Å²) in [5.41, 5.74) is 4.90. The fourth-order valence-electron chi connectivity index (χ4n) is 1.81. The number of aryl methyl sites for hydroxylation is 1. The Kier molecular flexibility index (Phi) is 2.31. The molecular weight excluding hydrogens is 184 g/mol. The minimum atomic E-state index is 0.758. The van der Waals surface area contributed by atoms with E-state index in [1.165, 1.54) is 0 Å². The number of nitrogens with zero attached hydrogens (tertiary/aromatic N) is 1. The third-order valence-electron chi connectivity index (χ3n) is 2.61. The molecule has 0 saturated carbocycles. The van der Waals surface area contributed by atoms with E-state index in [2.05, 4.69) is 11.1 Å². The van der Waals surface area contributed by atoms with Crippen LogP contribution in [-0.4, -0.2) is 4.98 Å². The maximum absolute atomic E-state index is 8.99. The van der Waals surface area contributed by atoms with Crippen LogP contribution in [0.5, 0.6) is 0 Å². The highest BCUT2D eigenvalue weighted by Crippen LogP contribution is 2.26. The minimum Gasteiger partial charge on any atom is -0.357 e. The first kappa shape index (κ1) is 9.54. The molecule has 74 valence electrons. The Hall–Kier alpha value is -2.01. The lowest BCUT2D eigenvalue weighted by Crippen LogP contribution is -1.80. The highest BCUT2D eigenvalue weighted by Gasteiger charge is 2.11. The smallest absolute Gasteiger partial charge is 0.101 e. The van der Waals surface area contributed by atoms with Crippen LogP contribution in [0.4, 0.5) is 0 Å². The van der Waals surface area contributed by atoms with Crippen LogP contribution in [0.1, 0.15) is 16.8 Å². The molecule has 2 aromatic rings. The molecule has 2 rings (SSSR count). The molecule has 2 heteroatoms. The molecular formula is C13H12N2. The predicted molar refractivity (Wildman–Crippen MR) is 60.4 cm³/mol. The van der Waals surface area contributed by atoms with Crippen molar-refractivity contribution in [2.45, 2.75) is 13.8 Å². The number of hydrogen-bond donors (Lipinski definition) is 1. The first-order chi connectivity index (χ1) is 7.24. The van der Waals surface area contributed by atoms with Crippen molar-refractivity contribution in [1.29, 1.82) is 5.26 Å². The molecule has 0 atom stereocenters. The van der Waals surface area contributed by atoms with Gasteiger partial charge < -0.3 is 4.98 Å². The van der Waals surface area contributed by atoms with E-state index in [-0.39, 0.29) is 0 Å². The first-order valence-corrected chi connectivity index (χ1v) is 4.88. The zero-order valence-corrected chi connectivity index (χ0v) is 8.83. The highest BCUT2D eigenvalue weighted by molar-refractivity contribution is 5.67. The van der Waals surface area contributed by atoms with Crippen molar-refractivity contribution < 1.29 is 0 Å². The largest absolute Gasteiger partial charge is 0.357 e. The van der Waals surface area contributed by atoms with Gasteiger partial charge in [-0.05, 0) is 25.0 Å². The molecule has 1 heterocycles. The number of aromatic nitrogens is 1. The highest BCUT2D eigenvalue weighted by atomic mass is 14.7. The van der Waals surface area contributed by atoms with E-state index in [4.69, 9.17) is 5.26 Å². The molecule has 0 aliphatic heterocycles. The molecule has 1 aromatic heterocycles. The summed E-state index contributed by atoms with van der Waals surface area (Å²) in [4.78, 5) is 3.26. The molecule has 2 nitrogen and oxygen atoms in total. The molecule has 0 radical (unpaired) electrons. The summed E-state index contributed by atoms with van der Waals surface area (Å²) < 4.78 is 0. The van der Waals surface area contributed by atoms with Crippen molar-refractivity contribution in [3.05, 3.63) is 47.2 Å². The average molecular weight is 196 g/mol. The summed E-state index contributed by atoms with van der Waals surface area (Å²) in [6, 6.07) is 12.3. The third kappa shape index (κ3) is 1.53. The van der Waals surface area contributed by atoms with E-state index in [9.17, 15) is 0 Å². The van der Waals surface area contributed by atoms with Crippen LogP contribution in [0.2, 0.25) is 0 Å². The van der Waals surface area contributed by atoms with Crippen LogP contribution in [-0.2, 0) is 0 Å².